The standard InChI is InChI=1S/C8H12N2O3S/c1-10-4-2-7(9-10)8(11)3-5-14(12,13)6-8/h2,4,11H,3,5-6H2,1H3. The molecule has 1 unspecified atom stereocenters. The molecule has 1 aliphatic heterocycles. The van der Waals surface area contributed by atoms with Gasteiger partial charge in [0, 0.05) is 13.2 Å². The van der Waals surface area contributed by atoms with E-state index in [0.29, 0.717) is 5.69 Å². The maximum atomic E-state index is 11.2. The van der Waals surface area contributed by atoms with Crippen LogP contribution in [0.15, 0.2) is 12.3 Å². The van der Waals surface area contributed by atoms with Gasteiger partial charge in [-0.3, -0.25) is 4.68 Å². The summed E-state index contributed by atoms with van der Waals surface area (Å²) in [5, 5.41) is 14.1. The lowest BCUT2D eigenvalue weighted by atomic mass is 10.00. The quantitative estimate of drug-likeness (QED) is 0.682. The van der Waals surface area contributed by atoms with Crippen LogP contribution in [0.2, 0.25) is 0 Å². The third-order valence-electron chi connectivity index (χ3n) is 2.48. The molecule has 1 aliphatic rings. The van der Waals surface area contributed by atoms with E-state index >= 15 is 0 Å². The van der Waals surface area contributed by atoms with Gasteiger partial charge in [0.05, 0.1) is 17.2 Å². The fourth-order valence-electron chi connectivity index (χ4n) is 1.70. The first-order valence-corrected chi connectivity index (χ1v) is 6.16. The Hall–Kier alpha value is -0.880. The van der Waals surface area contributed by atoms with E-state index in [9.17, 15) is 13.5 Å². The van der Waals surface area contributed by atoms with E-state index in [0.717, 1.165) is 0 Å². The van der Waals surface area contributed by atoms with Crippen LogP contribution in [0.4, 0.5) is 0 Å². The summed E-state index contributed by atoms with van der Waals surface area (Å²) >= 11 is 0. The van der Waals surface area contributed by atoms with Crippen LogP contribution in [0.5, 0.6) is 0 Å². The van der Waals surface area contributed by atoms with E-state index in [4.69, 9.17) is 0 Å². The average Bonchev–Trinajstić information content (AvgIpc) is 2.57. The van der Waals surface area contributed by atoms with Crippen molar-refractivity contribution in [3.63, 3.8) is 0 Å². The van der Waals surface area contributed by atoms with E-state index in [-0.39, 0.29) is 17.9 Å². The smallest absolute Gasteiger partial charge is 0.153 e. The minimum Gasteiger partial charge on any atom is -0.382 e. The lowest BCUT2D eigenvalue weighted by molar-refractivity contribution is 0.0600. The second-order valence-corrected chi connectivity index (χ2v) is 5.93. The molecule has 2 heterocycles. The zero-order valence-corrected chi connectivity index (χ0v) is 8.66. The molecule has 1 aromatic heterocycles. The van der Waals surface area contributed by atoms with Gasteiger partial charge in [0.25, 0.3) is 0 Å². The van der Waals surface area contributed by atoms with E-state index in [1.54, 1.807) is 24.0 Å². The number of aromatic nitrogens is 2. The van der Waals surface area contributed by atoms with Gasteiger partial charge < -0.3 is 5.11 Å². The van der Waals surface area contributed by atoms with E-state index in [1.807, 2.05) is 0 Å². The van der Waals surface area contributed by atoms with Crippen LogP contribution in [0.25, 0.3) is 0 Å². The molecule has 1 atom stereocenters. The van der Waals surface area contributed by atoms with Crippen molar-refractivity contribution in [2.75, 3.05) is 11.5 Å². The zero-order valence-electron chi connectivity index (χ0n) is 7.84. The van der Waals surface area contributed by atoms with Crippen molar-refractivity contribution < 1.29 is 13.5 Å². The monoisotopic (exact) mass is 216 g/mol. The molecule has 0 aliphatic carbocycles. The van der Waals surface area contributed by atoms with Crippen molar-refractivity contribution in [3.05, 3.63) is 18.0 Å². The fourth-order valence-corrected chi connectivity index (χ4v) is 3.51. The van der Waals surface area contributed by atoms with Crippen LogP contribution in [0, 0.1) is 0 Å². The molecule has 0 saturated carbocycles. The molecule has 0 spiro atoms. The summed E-state index contributed by atoms with van der Waals surface area (Å²) < 4.78 is 24.0. The molecule has 0 radical (unpaired) electrons. The maximum absolute atomic E-state index is 11.2. The summed E-state index contributed by atoms with van der Waals surface area (Å²) in [6, 6.07) is 1.65. The van der Waals surface area contributed by atoms with Crippen molar-refractivity contribution >= 4 is 9.84 Å². The number of hydrogen-bond donors (Lipinski definition) is 1. The number of sulfone groups is 1. The zero-order chi connectivity index (χ0) is 10.4. The van der Waals surface area contributed by atoms with Crippen molar-refractivity contribution in [2.24, 2.45) is 7.05 Å². The SMILES string of the molecule is Cn1ccc(C2(O)CCS(=O)(=O)C2)n1. The molecule has 5 nitrogen and oxygen atoms in total. The van der Waals surface area contributed by atoms with Crippen LogP contribution in [0.3, 0.4) is 0 Å². The van der Waals surface area contributed by atoms with E-state index in [1.165, 1.54) is 0 Å². The minimum atomic E-state index is -3.09. The van der Waals surface area contributed by atoms with Gasteiger partial charge >= 0.3 is 0 Å². The lowest BCUT2D eigenvalue weighted by Gasteiger charge is -2.17. The molecule has 0 amide bonds. The van der Waals surface area contributed by atoms with Gasteiger partial charge in [-0.15, -0.1) is 0 Å². The van der Waals surface area contributed by atoms with Crippen molar-refractivity contribution in [1.29, 1.82) is 0 Å². The molecular weight excluding hydrogens is 204 g/mol. The molecule has 1 saturated heterocycles. The van der Waals surface area contributed by atoms with E-state index in [2.05, 4.69) is 5.10 Å². The van der Waals surface area contributed by atoms with Crippen LogP contribution < -0.4 is 0 Å². The molecule has 1 aromatic rings. The second-order valence-electron chi connectivity index (χ2n) is 3.75. The second kappa shape index (κ2) is 2.80. The molecule has 1 N–H and O–H groups in total. The van der Waals surface area contributed by atoms with Crippen LogP contribution in [-0.2, 0) is 22.5 Å². The van der Waals surface area contributed by atoms with Crippen molar-refractivity contribution in [3.8, 4) is 0 Å². The maximum Gasteiger partial charge on any atom is 0.153 e. The van der Waals surface area contributed by atoms with Gasteiger partial charge in [0.15, 0.2) is 9.84 Å². The van der Waals surface area contributed by atoms with Crippen molar-refractivity contribution in [2.45, 2.75) is 12.0 Å². The summed E-state index contributed by atoms with van der Waals surface area (Å²) in [5.41, 5.74) is -0.832. The third kappa shape index (κ3) is 1.55. The first-order chi connectivity index (χ1) is 6.41. The van der Waals surface area contributed by atoms with Crippen molar-refractivity contribution in [1.82, 2.24) is 9.78 Å². The Labute approximate surface area is 82.3 Å². The Morgan fingerprint density at radius 2 is 2.36 bits per heavy atom. The van der Waals surface area contributed by atoms with Crippen LogP contribution >= 0.6 is 0 Å². The Balaban J connectivity index is 2.36. The van der Waals surface area contributed by atoms with Gasteiger partial charge in [0.2, 0.25) is 0 Å². The normalized spacial score (nSPS) is 30.7. The number of aliphatic hydroxyl groups is 1. The summed E-state index contributed by atoms with van der Waals surface area (Å²) in [7, 11) is -1.36. The molecule has 0 aromatic carbocycles. The van der Waals surface area contributed by atoms with Gasteiger partial charge in [-0.25, -0.2) is 8.42 Å². The van der Waals surface area contributed by atoms with Crippen LogP contribution in [0.1, 0.15) is 12.1 Å². The molecule has 1 fully saturated rings. The predicted molar refractivity (Wildman–Crippen MR) is 50.4 cm³/mol. The largest absolute Gasteiger partial charge is 0.382 e. The highest BCUT2D eigenvalue weighted by Gasteiger charge is 2.43. The van der Waals surface area contributed by atoms with Gasteiger partial charge in [-0.05, 0) is 12.5 Å². The van der Waals surface area contributed by atoms with Gasteiger partial charge in [0.1, 0.15) is 5.60 Å². The molecule has 78 valence electrons. The molecule has 14 heavy (non-hydrogen) atoms. The predicted octanol–water partition coefficient (Wildman–Crippen LogP) is -0.574. The van der Waals surface area contributed by atoms with Gasteiger partial charge in [-0.2, -0.15) is 5.10 Å². The first kappa shape index (κ1) is 9.67. The van der Waals surface area contributed by atoms with Gasteiger partial charge in [-0.1, -0.05) is 0 Å². The summed E-state index contributed by atoms with van der Waals surface area (Å²) in [6.45, 7) is 0. The summed E-state index contributed by atoms with van der Waals surface area (Å²) in [4.78, 5) is 0. The Kier molecular flexibility index (Phi) is 1.94. The molecule has 0 bridgehead atoms. The summed E-state index contributed by atoms with van der Waals surface area (Å²) in [6.07, 6.45) is 1.94. The Morgan fingerprint density at radius 1 is 1.64 bits per heavy atom. The lowest BCUT2D eigenvalue weighted by Crippen LogP contribution is -2.27. The Bertz CT molecular complexity index is 451. The highest BCUT2D eigenvalue weighted by atomic mass is 32.2. The van der Waals surface area contributed by atoms with E-state index < -0.39 is 15.4 Å². The minimum absolute atomic E-state index is 0.0417. The average molecular weight is 216 g/mol. The number of rotatable bonds is 1. The highest BCUT2D eigenvalue weighted by molar-refractivity contribution is 7.91. The molecule has 2 rings (SSSR count). The highest BCUT2D eigenvalue weighted by Crippen LogP contribution is 2.31. The first-order valence-electron chi connectivity index (χ1n) is 4.34. The molecular formula is C8H12N2O3S. The van der Waals surface area contributed by atoms with Crippen LogP contribution in [-0.4, -0.2) is 34.8 Å². The summed E-state index contributed by atoms with van der Waals surface area (Å²) in [5.74, 6) is -0.170. The molecule has 6 heteroatoms. The Morgan fingerprint density at radius 3 is 2.79 bits per heavy atom. The third-order valence-corrected chi connectivity index (χ3v) is 4.22. The fraction of sp³-hybridized carbons (Fsp3) is 0.625. The number of nitrogens with zero attached hydrogens (tertiary/aromatic N) is 2. The topological polar surface area (TPSA) is 72.2 Å². The number of aryl methyl sites for hydroxylation is 1. The number of hydrogen-bond acceptors (Lipinski definition) is 4.